The van der Waals surface area contributed by atoms with Crippen molar-refractivity contribution in [3.63, 3.8) is 0 Å². The van der Waals surface area contributed by atoms with Gasteiger partial charge in [0.1, 0.15) is 23.8 Å². The van der Waals surface area contributed by atoms with Gasteiger partial charge in [0.2, 0.25) is 5.91 Å². The molecule has 2 N–H and O–H groups in total. The molecule has 1 aromatic carbocycles. The molecule has 0 aliphatic carbocycles. The first-order valence-electron chi connectivity index (χ1n) is 13.0. The lowest BCUT2D eigenvalue weighted by Crippen LogP contribution is -2.59. The fourth-order valence-corrected chi connectivity index (χ4v) is 5.67. The minimum Gasteiger partial charge on any atom is -0.434 e. The highest BCUT2D eigenvalue weighted by atomic mass is 35.5. The summed E-state index contributed by atoms with van der Waals surface area (Å²) in [7, 11) is 5.28. The summed E-state index contributed by atoms with van der Waals surface area (Å²) in [5, 5.41) is 10.4. The first-order chi connectivity index (χ1) is 19.1. The number of amidine groups is 1. The van der Waals surface area contributed by atoms with Crippen molar-refractivity contribution in [2.45, 2.75) is 32.9 Å². The summed E-state index contributed by atoms with van der Waals surface area (Å²) in [6.07, 6.45) is 4.99. The summed E-state index contributed by atoms with van der Waals surface area (Å²) < 4.78 is 32.5. The van der Waals surface area contributed by atoms with E-state index in [4.69, 9.17) is 16.3 Å². The van der Waals surface area contributed by atoms with Crippen molar-refractivity contribution in [3.05, 3.63) is 41.1 Å². The lowest BCUT2D eigenvalue weighted by atomic mass is 9.72. The Hall–Kier alpha value is -3.51. The minimum atomic E-state index is -3.09. The summed E-state index contributed by atoms with van der Waals surface area (Å²) in [4.78, 5) is 34.6. The van der Waals surface area contributed by atoms with Gasteiger partial charge in [0.15, 0.2) is 0 Å². The third-order valence-corrected chi connectivity index (χ3v) is 7.59. The fourth-order valence-electron chi connectivity index (χ4n) is 5.49. The number of allylic oxidation sites excluding steroid dienone is 1. The molecular formula is C27H34ClF2N7O3. The topological polar surface area (TPSA) is 104 Å². The van der Waals surface area contributed by atoms with Crippen molar-refractivity contribution in [1.29, 1.82) is 0 Å². The van der Waals surface area contributed by atoms with Gasteiger partial charge in [0.05, 0.1) is 11.3 Å². The molecule has 1 spiro atoms. The van der Waals surface area contributed by atoms with E-state index in [1.54, 1.807) is 27.1 Å². The molecule has 2 aliphatic heterocycles. The van der Waals surface area contributed by atoms with E-state index in [1.807, 2.05) is 4.90 Å². The molecular weight excluding hydrogens is 544 g/mol. The number of amides is 2. The van der Waals surface area contributed by atoms with E-state index < -0.39 is 12.5 Å². The van der Waals surface area contributed by atoms with E-state index >= 15 is 0 Å². The number of carbonyl (C=O) groups excluding carboxylic acids is 2. The number of likely N-dealkylation sites (N-methyl/N-ethyl adjacent to an activating group) is 1. The van der Waals surface area contributed by atoms with Gasteiger partial charge in [-0.25, -0.2) is 0 Å². The van der Waals surface area contributed by atoms with E-state index in [2.05, 4.69) is 32.7 Å². The number of alkyl halides is 2. The second kappa shape index (κ2) is 12.3. The van der Waals surface area contributed by atoms with E-state index in [1.165, 1.54) is 29.1 Å². The molecule has 1 aromatic heterocycles. The van der Waals surface area contributed by atoms with Crippen molar-refractivity contribution in [3.8, 4) is 17.0 Å². The number of hydrogen-bond acceptors (Lipinski definition) is 6. The number of aromatic nitrogens is 2. The number of nitrogens with zero attached hydrogens (tertiary/aromatic N) is 5. The monoisotopic (exact) mass is 577 g/mol. The van der Waals surface area contributed by atoms with Crippen LogP contribution in [0.2, 0.25) is 5.02 Å². The molecule has 3 heterocycles. The Labute approximate surface area is 237 Å². The van der Waals surface area contributed by atoms with Crippen LogP contribution in [0.1, 0.15) is 19.8 Å². The Morgan fingerprint density at radius 3 is 2.55 bits per heavy atom. The van der Waals surface area contributed by atoms with Gasteiger partial charge in [0, 0.05) is 57.1 Å². The van der Waals surface area contributed by atoms with Crippen LogP contribution in [0.4, 0.5) is 14.5 Å². The Balaban J connectivity index is 1.63. The van der Waals surface area contributed by atoms with Crippen molar-refractivity contribution >= 4 is 34.9 Å². The maximum absolute atomic E-state index is 13.2. The largest absolute Gasteiger partial charge is 0.434 e. The normalized spacial score (nSPS) is 17.6. The molecule has 2 aliphatic rings. The maximum Gasteiger partial charge on any atom is 0.387 e. The molecule has 10 nitrogen and oxygen atoms in total. The Morgan fingerprint density at radius 1 is 1.27 bits per heavy atom. The van der Waals surface area contributed by atoms with Gasteiger partial charge in [-0.15, -0.1) is 0 Å². The van der Waals surface area contributed by atoms with Crippen LogP contribution < -0.4 is 15.4 Å². The molecule has 0 radical (unpaired) electrons. The van der Waals surface area contributed by atoms with Crippen molar-refractivity contribution in [2.24, 2.45) is 10.4 Å². The minimum absolute atomic E-state index is 0.0873. The van der Waals surface area contributed by atoms with Crippen LogP contribution in [0.25, 0.3) is 11.3 Å². The zero-order chi connectivity index (χ0) is 29.0. The number of nitrogens with one attached hydrogen (secondary N) is 2. The second-order valence-corrected chi connectivity index (χ2v) is 10.6. The first-order valence-corrected chi connectivity index (χ1v) is 13.4. The molecule has 4 rings (SSSR count). The number of benzene rings is 1. The fraction of sp³-hybridized carbons (Fsp3) is 0.481. The summed E-state index contributed by atoms with van der Waals surface area (Å²) in [5.41, 5.74) is 1.03. The molecule has 0 atom stereocenters. The molecule has 40 heavy (non-hydrogen) atoms. The molecule has 13 heteroatoms. The number of rotatable bonds is 8. The van der Waals surface area contributed by atoms with Crippen LogP contribution in [-0.2, 0) is 16.1 Å². The van der Waals surface area contributed by atoms with Crippen molar-refractivity contribution < 1.29 is 23.1 Å². The van der Waals surface area contributed by atoms with E-state index in [-0.39, 0.29) is 45.7 Å². The van der Waals surface area contributed by atoms with E-state index in [0.717, 1.165) is 25.9 Å². The third kappa shape index (κ3) is 6.44. The predicted molar refractivity (Wildman–Crippen MR) is 150 cm³/mol. The van der Waals surface area contributed by atoms with Gasteiger partial charge in [-0.1, -0.05) is 17.7 Å². The van der Waals surface area contributed by atoms with Gasteiger partial charge in [-0.2, -0.15) is 13.9 Å². The number of halogens is 3. The van der Waals surface area contributed by atoms with Gasteiger partial charge in [-0.3, -0.25) is 19.3 Å². The number of carbonyl (C=O) groups is 2. The lowest BCUT2D eigenvalue weighted by molar-refractivity contribution is -0.136. The number of anilines is 1. The Morgan fingerprint density at radius 2 is 1.98 bits per heavy atom. The predicted octanol–water partition coefficient (Wildman–Crippen LogP) is 3.49. The van der Waals surface area contributed by atoms with Crippen LogP contribution in [0.5, 0.6) is 5.75 Å². The number of piperidine rings is 1. The third-order valence-electron chi connectivity index (χ3n) is 7.36. The first kappa shape index (κ1) is 29.5. The van der Waals surface area contributed by atoms with Crippen LogP contribution in [-0.4, -0.2) is 91.2 Å². The van der Waals surface area contributed by atoms with Crippen LogP contribution in [0, 0.1) is 5.41 Å². The number of aliphatic imine (C=N–C) groups is 1. The number of likely N-dealkylation sites (tertiary alicyclic amines) is 2. The summed E-state index contributed by atoms with van der Waals surface area (Å²) >= 11 is 6.19. The smallest absolute Gasteiger partial charge is 0.387 e. The average Bonchev–Trinajstić information content (AvgIpc) is 3.28. The number of hydrogen-bond donors (Lipinski definition) is 2. The summed E-state index contributed by atoms with van der Waals surface area (Å²) in [6, 6.07) is 4.15. The lowest BCUT2D eigenvalue weighted by Gasteiger charge is -2.52. The molecule has 216 valence electrons. The zero-order valence-corrected chi connectivity index (χ0v) is 23.8. The Kier molecular flexibility index (Phi) is 9.09. The van der Waals surface area contributed by atoms with Gasteiger partial charge >= 0.3 is 6.61 Å². The highest BCUT2D eigenvalue weighted by Crippen LogP contribution is 2.40. The highest BCUT2D eigenvalue weighted by Gasteiger charge is 2.43. The summed E-state index contributed by atoms with van der Waals surface area (Å²) in [6.45, 7) is 1.95. The summed E-state index contributed by atoms with van der Waals surface area (Å²) in [5.74, 6) is -0.436. The molecule has 2 fully saturated rings. The van der Waals surface area contributed by atoms with E-state index in [9.17, 15) is 18.4 Å². The van der Waals surface area contributed by atoms with Crippen LogP contribution >= 0.6 is 11.6 Å². The van der Waals surface area contributed by atoms with Crippen molar-refractivity contribution in [2.75, 3.05) is 52.6 Å². The van der Waals surface area contributed by atoms with Gasteiger partial charge in [-0.05, 0) is 50.4 Å². The number of ether oxygens (including phenoxy) is 1. The standard InChI is InChI=1S/C27H34ClF2N7O3/c1-5-18(24(31-2)32-3)25(39)33-20-13-37(14-22(38)36-10-8-27(9-11-36)15-35(4)16-27)34-23(20)19-12-17(28)6-7-21(19)40-26(29)30/h5-7,12-13,26H,8-11,14-16H2,1-4H3,(H,31,32)(H,33,39)/b18-5+. The molecule has 0 saturated carbocycles. The zero-order valence-electron chi connectivity index (χ0n) is 23.0. The van der Waals surface area contributed by atoms with Crippen LogP contribution in [0.15, 0.2) is 41.0 Å². The molecule has 2 saturated heterocycles. The molecule has 2 amide bonds. The molecule has 0 unspecified atom stereocenters. The van der Waals surface area contributed by atoms with E-state index in [0.29, 0.717) is 24.3 Å². The van der Waals surface area contributed by atoms with Crippen LogP contribution in [0.3, 0.4) is 0 Å². The molecule has 2 aromatic rings. The second-order valence-electron chi connectivity index (χ2n) is 10.1. The Bertz CT molecular complexity index is 1310. The quantitative estimate of drug-likeness (QED) is 0.283. The maximum atomic E-state index is 13.2. The van der Waals surface area contributed by atoms with Gasteiger partial charge < -0.3 is 25.2 Å². The van der Waals surface area contributed by atoms with Crippen molar-refractivity contribution in [1.82, 2.24) is 24.9 Å². The molecule has 0 bridgehead atoms. The highest BCUT2D eigenvalue weighted by molar-refractivity contribution is 6.31. The average molecular weight is 578 g/mol. The van der Waals surface area contributed by atoms with Gasteiger partial charge in [0.25, 0.3) is 5.91 Å². The SMILES string of the molecule is C/C=C(/C(=O)Nc1cn(CC(=O)N2CCC3(CC2)CN(C)C3)nc1-c1cc(Cl)ccc1OC(F)F)C(=NC)NC.